The van der Waals surface area contributed by atoms with Crippen LogP contribution in [-0.2, 0) is 6.54 Å². The molecule has 1 aromatic heterocycles. The van der Waals surface area contributed by atoms with Gasteiger partial charge in [-0.05, 0) is 38.1 Å². The molecule has 94 valence electrons. The molecule has 0 amide bonds. The van der Waals surface area contributed by atoms with Gasteiger partial charge in [-0.1, -0.05) is 0 Å². The van der Waals surface area contributed by atoms with E-state index in [-0.39, 0.29) is 0 Å². The predicted octanol–water partition coefficient (Wildman–Crippen LogP) is 1.37. The summed E-state index contributed by atoms with van der Waals surface area (Å²) in [4.78, 5) is 9.91. The van der Waals surface area contributed by atoms with Crippen molar-refractivity contribution in [2.24, 2.45) is 5.92 Å². The second kappa shape index (κ2) is 5.19. The normalized spacial score (nSPS) is 24.6. The van der Waals surface area contributed by atoms with Crippen LogP contribution >= 0.6 is 0 Å². The molecule has 1 atom stereocenters. The molecule has 0 radical (unpaired) electrons. The zero-order chi connectivity index (χ0) is 11.5. The number of aromatic nitrogens is 2. The van der Waals surface area contributed by atoms with Gasteiger partial charge in [0.15, 0.2) is 0 Å². The summed E-state index contributed by atoms with van der Waals surface area (Å²) in [5.41, 5.74) is 1.24. The molecule has 4 nitrogen and oxygen atoms in total. The highest BCUT2D eigenvalue weighted by Gasteiger charge is 2.26. The Morgan fingerprint density at radius 2 is 2.24 bits per heavy atom. The summed E-state index contributed by atoms with van der Waals surface area (Å²) in [6.07, 6.45) is 9.26. The summed E-state index contributed by atoms with van der Waals surface area (Å²) < 4.78 is 0. The first kappa shape index (κ1) is 11.2. The molecule has 1 saturated heterocycles. The average molecular weight is 234 g/mol. The Morgan fingerprint density at radius 3 is 2.88 bits per heavy atom. The van der Waals surface area contributed by atoms with Crippen molar-refractivity contribution in [3.05, 3.63) is 18.2 Å². The predicted molar refractivity (Wildman–Crippen MR) is 67.6 cm³/mol. The Balaban J connectivity index is 1.55. The lowest BCUT2D eigenvalue weighted by molar-refractivity contribution is 0.229. The third-order valence-electron chi connectivity index (χ3n) is 3.80. The zero-order valence-corrected chi connectivity index (χ0v) is 10.4. The van der Waals surface area contributed by atoms with Crippen molar-refractivity contribution in [3.63, 3.8) is 0 Å². The molecule has 2 heterocycles. The average Bonchev–Trinajstić information content (AvgIpc) is 2.82. The zero-order valence-electron chi connectivity index (χ0n) is 10.4. The van der Waals surface area contributed by atoms with Gasteiger partial charge >= 0.3 is 0 Å². The van der Waals surface area contributed by atoms with Crippen molar-refractivity contribution in [2.75, 3.05) is 19.6 Å². The van der Waals surface area contributed by atoms with Crippen molar-refractivity contribution in [1.29, 1.82) is 0 Å². The number of H-pyrrole nitrogens is 1. The van der Waals surface area contributed by atoms with Gasteiger partial charge in [0.2, 0.25) is 0 Å². The third-order valence-corrected chi connectivity index (χ3v) is 3.80. The second-order valence-corrected chi connectivity index (χ2v) is 5.51. The minimum absolute atomic E-state index is 0.705. The minimum Gasteiger partial charge on any atom is -0.347 e. The molecule has 1 aromatic rings. The van der Waals surface area contributed by atoms with Crippen LogP contribution in [0.5, 0.6) is 0 Å². The summed E-state index contributed by atoms with van der Waals surface area (Å²) in [6, 6.07) is 0.705. The van der Waals surface area contributed by atoms with Crippen molar-refractivity contribution in [2.45, 2.75) is 38.3 Å². The Bertz CT molecular complexity index is 325. The van der Waals surface area contributed by atoms with Crippen LogP contribution in [0.4, 0.5) is 0 Å². The van der Waals surface area contributed by atoms with Crippen LogP contribution in [0.15, 0.2) is 12.5 Å². The fourth-order valence-corrected chi connectivity index (χ4v) is 2.71. The molecule has 1 saturated carbocycles. The van der Waals surface area contributed by atoms with Gasteiger partial charge in [-0.2, -0.15) is 0 Å². The monoisotopic (exact) mass is 234 g/mol. The number of hydrogen-bond donors (Lipinski definition) is 2. The molecule has 0 aromatic carbocycles. The van der Waals surface area contributed by atoms with Crippen LogP contribution in [0, 0.1) is 5.92 Å². The van der Waals surface area contributed by atoms with E-state index in [0.29, 0.717) is 6.04 Å². The highest BCUT2D eigenvalue weighted by Crippen LogP contribution is 2.30. The van der Waals surface area contributed by atoms with E-state index in [2.05, 4.69) is 20.2 Å². The summed E-state index contributed by atoms with van der Waals surface area (Å²) >= 11 is 0. The fourth-order valence-electron chi connectivity index (χ4n) is 2.71. The molecule has 17 heavy (non-hydrogen) atoms. The van der Waals surface area contributed by atoms with Crippen molar-refractivity contribution in [1.82, 2.24) is 20.2 Å². The van der Waals surface area contributed by atoms with Gasteiger partial charge in [-0.15, -0.1) is 0 Å². The highest BCUT2D eigenvalue weighted by molar-refractivity contribution is 4.95. The quantitative estimate of drug-likeness (QED) is 0.781. The van der Waals surface area contributed by atoms with Gasteiger partial charge in [0.1, 0.15) is 0 Å². The van der Waals surface area contributed by atoms with E-state index in [0.717, 1.165) is 12.5 Å². The lowest BCUT2D eigenvalue weighted by Crippen LogP contribution is -2.38. The SMILES string of the molecule is c1ncc(CN(CC2CC2)CC2CCCN2)[nH]1. The van der Waals surface area contributed by atoms with E-state index in [1.807, 2.05) is 6.20 Å². The van der Waals surface area contributed by atoms with Crippen LogP contribution in [-0.4, -0.2) is 40.5 Å². The molecule has 2 N–H and O–H groups in total. The highest BCUT2D eigenvalue weighted by atomic mass is 15.2. The summed E-state index contributed by atoms with van der Waals surface area (Å²) in [5.74, 6) is 0.958. The number of imidazole rings is 1. The number of nitrogens with one attached hydrogen (secondary N) is 2. The van der Waals surface area contributed by atoms with Gasteiger partial charge in [0.05, 0.1) is 6.33 Å². The van der Waals surface area contributed by atoms with Gasteiger partial charge in [-0.3, -0.25) is 4.90 Å². The molecular formula is C13H22N4. The van der Waals surface area contributed by atoms with Crippen LogP contribution in [0.25, 0.3) is 0 Å². The lowest BCUT2D eigenvalue weighted by Gasteiger charge is -2.25. The van der Waals surface area contributed by atoms with Crippen molar-refractivity contribution in [3.8, 4) is 0 Å². The molecule has 2 fully saturated rings. The molecule has 4 heteroatoms. The number of hydrogen-bond acceptors (Lipinski definition) is 3. The molecular weight excluding hydrogens is 212 g/mol. The number of aromatic amines is 1. The van der Waals surface area contributed by atoms with E-state index in [9.17, 15) is 0 Å². The van der Waals surface area contributed by atoms with E-state index in [1.165, 1.54) is 51.0 Å². The maximum atomic E-state index is 4.10. The minimum atomic E-state index is 0.705. The molecule has 1 aliphatic carbocycles. The molecule has 2 aliphatic rings. The lowest BCUT2D eigenvalue weighted by atomic mass is 10.2. The van der Waals surface area contributed by atoms with Crippen LogP contribution in [0.2, 0.25) is 0 Å². The van der Waals surface area contributed by atoms with E-state index < -0.39 is 0 Å². The third kappa shape index (κ3) is 3.30. The van der Waals surface area contributed by atoms with Crippen LogP contribution < -0.4 is 5.32 Å². The molecule has 3 rings (SSSR count). The summed E-state index contributed by atoms with van der Waals surface area (Å²) in [6.45, 7) is 4.67. The largest absolute Gasteiger partial charge is 0.347 e. The fraction of sp³-hybridized carbons (Fsp3) is 0.769. The van der Waals surface area contributed by atoms with E-state index in [4.69, 9.17) is 0 Å². The maximum absolute atomic E-state index is 4.10. The van der Waals surface area contributed by atoms with Crippen LogP contribution in [0.3, 0.4) is 0 Å². The van der Waals surface area contributed by atoms with Gasteiger partial charge < -0.3 is 10.3 Å². The molecule has 0 bridgehead atoms. The topological polar surface area (TPSA) is 44.0 Å². The Labute approximate surface area is 103 Å². The van der Waals surface area contributed by atoms with Crippen molar-refractivity contribution < 1.29 is 0 Å². The smallest absolute Gasteiger partial charge is 0.0922 e. The number of nitrogens with zero attached hydrogens (tertiary/aromatic N) is 2. The first-order chi connectivity index (χ1) is 8.40. The Morgan fingerprint density at radius 1 is 1.29 bits per heavy atom. The first-order valence-electron chi connectivity index (χ1n) is 6.83. The van der Waals surface area contributed by atoms with Gasteiger partial charge in [0.25, 0.3) is 0 Å². The summed E-state index contributed by atoms with van der Waals surface area (Å²) in [7, 11) is 0. The van der Waals surface area contributed by atoms with Gasteiger partial charge in [0, 0.05) is 37.6 Å². The van der Waals surface area contributed by atoms with E-state index in [1.54, 1.807) is 6.33 Å². The molecule has 1 aliphatic heterocycles. The van der Waals surface area contributed by atoms with Crippen LogP contribution in [0.1, 0.15) is 31.4 Å². The summed E-state index contributed by atoms with van der Waals surface area (Å²) in [5, 5.41) is 3.59. The van der Waals surface area contributed by atoms with Crippen molar-refractivity contribution >= 4 is 0 Å². The Kier molecular flexibility index (Phi) is 3.43. The Hall–Kier alpha value is -0.870. The number of rotatable bonds is 6. The van der Waals surface area contributed by atoms with Gasteiger partial charge in [-0.25, -0.2) is 4.98 Å². The standard InChI is InChI=1S/C13H22N4/c1-2-12(15-5-1)8-17(7-11-3-4-11)9-13-6-14-10-16-13/h6,10-12,15H,1-5,7-9H2,(H,14,16). The second-order valence-electron chi connectivity index (χ2n) is 5.51. The molecule has 0 spiro atoms. The first-order valence-corrected chi connectivity index (χ1v) is 6.83. The maximum Gasteiger partial charge on any atom is 0.0922 e. The van der Waals surface area contributed by atoms with E-state index >= 15 is 0 Å². The molecule has 1 unspecified atom stereocenters.